The van der Waals surface area contributed by atoms with Crippen molar-refractivity contribution < 1.29 is 9.59 Å². The molecule has 0 bridgehead atoms. The summed E-state index contributed by atoms with van der Waals surface area (Å²) in [6.07, 6.45) is 0.767. The summed E-state index contributed by atoms with van der Waals surface area (Å²) in [6, 6.07) is 8.02. The second kappa shape index (κ2) is 4.25. The van der Waals surface area contributed by atoms with Gasteiger partial charge < -0.3 is 4.90 Å². The summed E-state index contributed by atoms with van der Waals surface area (Å²) in [5, 5.41) is 3.84. The zero-order valence-electron chi connectivity index (χ0n) is 9.85. The van der Waals surface area contributed by atoms with Crippen LogP contribution in [0.3, 0.4) is 0 Å². The third-order valence-corrected chi connectivity index (χ3v) is 3.28. The van der Waals surface area contributed by atoms with Crippen LogP contribution in [0.15, 0.2) is 29.4 Å². The van der Waals surface area contributed by atoms with E-state index in [-0.39, 0.29) is 11.8 Å². The van der Waals surface area contributed by atoms with Crippen molar-refractivity contribution in [3.8, 4) is 0 Å². The number of carbonyl (C=O) groups excluding carboxylic acids is 2. The maximum atomic E-state index is 12.2. The molecule has 1 aromatic carbocycles. The normalized spacial score (nSPS) is 18.1. The van der Waals surface area contributed by atoms with E-state index in [1.54, 1.807) is 4.90 Å². The molecule has 0 aliphatic carbocycles. The number of nitrogens with one attached hydrogen (secondary N) is 1. The van der Waals surface area contributed by atoms with Crippen molar-refractivity contribution in [2.75, 3.05) is 0 Å². The van der Waals surface area contributed by atoms with Crippen LogP contribution in [0.5, 0.6) is 0 Å². The number of nitrogens with zero attached hydrogens (tertiary/aromatic N) is 2. The fraction of sp³-hybridized carbons (Fsp3) is 0.308. The second-order valence-corrected chi connectivity index (χ2v) is 4.52. The summed E-state index contributed by atoms with van der Waals surface area (Å²) in [5.41, 5.74) is 5.18. The van der Waals surface area contributed by atoms with E-state index in [1.807, 2.05) is 24.3 Å². The lowest BCUT2D eigenvalue weighted by molar-refractivity contribution is -0.125. The van der Waals surface area contributed by atoms with Gasteiger partial charge in [-0.15, -0.1) is 0 Å². The molecule has 0 radical (unpaired) electrons. The Bertz CT molecular complexity index is 526. The largest absolute Gasteiger partial charge is 0.329 e. The van der Waals surface area contributed by atoms with Gasteiger partial charge in [0.25, 0.3) is 5.91 Å². The van der Waals surface area contributed by atoms with Crippen LogP contribution in [0.2, 0.25) is 0 Å². The first-order valence-corrected chi connectivity index (χ1v) is 5.95. The molecule has 3 rings (SSSR count). The number of hydrogen-bond acceptors (Lipinski definition) is 3. The van der Waals surface area contributed by atoms with Gasteiger partial charge in [0.1, 0.15) is 5.71 Å². The second-order valence-electron chi connectivity index (χ2n) is 4.52. The number of carbonyl (C=O) groups is 2. The molecular formula is C13H13N3O2. The highest BCUT2D eigenvalue weighted by atomic mass is 16.2. The van der Waals surface area contributed by atoms with E-state index in [4.69, 9.17) is 0 Å². The quantitative estimate of drug-likeness (QED) is 0.792. The van der Waals surface area contributed by atoms with Crippen molar-refractivity contribution in [1.82, 2.24) is 10.3 Å². The smallest absolute Gasteiger partial charge is 0.270 e. The van der Waals surface area contributed by atoms with Gasteiger partial charge in [0, 0.05) is 25.9 Å². The number of hydrogen-bond donors (Lipinski definition) is 1. The summed E-state index contributed by atoms with van der Waals surface area (Å²) >= 11 is 0. The highest BCUT2D eigenvalue weighted by Gasteiger charge is 2.27. The van der Waals surface area contributed by atoms with Gasteiger partial charge in [-0.1, -0.05) is 24.3 Å². The third kappa shape index (κ3) is 1.88. The monoisotopic (exact) mass is 243 g/mol. The van der Waals surface area contributed by atoms with Crippen molar-refractivity contribution >= 4 is 17.5 Å². The molecule has 0 saturated heterocycles. The lowest BCUT2D eigenvalue weighted by Gasteiger charge is -2.18. The fourth-order valence-corrected chi connectivity index (χ4v) is 2.29. The molecule has 0 saturated carbocycles. The van der Waals surface area contributed by atoms with Crippen LogP contribution in [0.25, 0.3) is 0 Å². The zero-order valence-corrected chi connectivity index (χ0v) is 9.85. The Morgan fingerprint density at radius 3 is 2.39 bits per heavy atom. The Labute approximate surface area is 104 Å². The maximum Gasteiger partial charge on any atom is 0.270 e. The minimum absolute atomic E-state index is 0.0776. The van der Waals surface area contributed by atoms with Crippen molar-refractivity contribution in [2.24, 2.45) is 5.10 Å². The van der Waals surface area contributed by atoms with E-state index in [9.17, 15) is 9.59 Å². The highest BCUT2D eigenvalue weighted by molar-refractivity contribution is 6.39. The lowest BCUT2D eigenvalue weighted by Crippen LogP contribution is -2.37. The maximum absolute atomic E-state index is 12.2. The Morgan fingerprint density at radius 2 is 1.83 bits per heavy atom. The molecule has 2 aliphatic heterocycles. The van der Waals surface area contributed by atoms with Crippen LogP contribution >= 0.6 is 0 Å². The average Bonchev–Trinajstić information content (AvgIpc) is 2.82. The first-order valence-electron chi connectivity index (χ1n) is 5.95. The fourth-order valence-electron chi connectivity index (χ4n) is 2.29. The van der Waals surface area contributed by atoms with Gasteiger partial charge in [0.05, 0.1) is 0 Å². The van der Waals surface area contributed by atoms with Gasteiger partial charge in [-0.25, -0.2) is 5.43 Å². The van der Waals surface area contributed by atoms with E-state index in [1.165, 1.54) is 11.1 Å². The van der Waals surface area contributed by atoms with Gasteiger partial charge in [-0.05, 0) is 11.1 Å². The number of benzene rings is 1. The molecule has 92 valence electrons. The molecule has 0 aromatic heterocycles. The summed E-state index contributed by atoms with van der Waals surface area (Å²) in [6.45, 7) is 1.25. The van der Waals surface area contributed by atoms with Gasteiger partial charge >= 0.3 is 0 Å². The standard InChI is InChI=1S/C13H13N3O2/c17-12-6-5-11(14-15-12)13(18)16-7-9-3-1-2-4-10(9)8-16/h1-4H,5-8H2,(H,15,17). The molecule has 0 unspecified atom stereocenters. The average molecular weight is 243 g/mol. The van der Waals surface area contributed by atoms with E-state index in [0.717, 1.165) is 0 Å². The molecule has 18 heavy (non-hydrogen) atoms. The van der Waals surface area contributed by atoms with Crippen molar-refractivity contribution in [1.29, 1.82) is 0 Å². The molecule has 2 aliphatic rings. The van der Waals surface area contributed by atoms with Crippen LogP contribution in [0, 0.1) is 0 Å². The molecule has 2 heterocycles. The molecule has 5 nitrogen and oxygen atoms in total. The minimum atomic E-state index is -0.128. The SMILES string of the molecule is O=C1CCC(C(=O)N2Cc3ccccc3C2)=NN1. The molecular weight excluding hydrogens is 230 g/mol. The summed E-state index contributed by atoms with van der Waals surface area (Å²) in [4.78, 5) is 25.0. The molecule has 0 atom stereocenters. The van der Waals surface area contributed by atoms with Gasteiger partial charge in [0.2, 0.25) is 5.91 Å². The van der Waals surface area contributed by atoms with Crippen LogP contribution in [0.4, 0.5) is 0 Å². The number of fused-ring (bicyclic) bond motifs is 1. The molecule has 1 aromatic rings. The van der Waals surface area contributed by atoms with E-state index >= 15 is 0 Å². The number of amides is 2. The molecule has 2 amide bonds. The molecule has 5 heteroatoms. The third-order valence-electron chi connectivity index (χ3n) is 3.28. The van der Waals surface area contributed by atoms with E-state index in [0.29, 0.717) is 31.6 Å². The number of rotatable bonds is 1. The van der Waals surface area contributed by atoms with Gasteiger partial charge in [-0.3, -0.25) is 9.59 Å². The topological polar surface area (TPSA) is 61.8 Å². The molecule has 1 N–H and O–H groups in total. The first-order chi connectivity index (χ1) is 8.74. The molecule has 0 spiro atoms. The van der Waals surface area contributed by atoms with E-state index in [2.05, 4.69) is 10.5 Å². The Hall–Kier alpha value is -2.17. The lowest BCUT2D eigenvalue weighted by atomic mass is 10.1. The number of hydrazone groups is 1. The van der Waals surface area contributed by atoms with Gasteiger partial charge in [-0.2, -0.15) is 5.10 Å². The highest BCUT2D eigenvalue weighted by Crippen LogP contribution is 2.22. The first kappa shape index (κ1) is 11.0. The Morgan fingerprint density at radius 1 is 1.17 bits per heavy atom. The molecule has 0 fully saturated rings. The Kier molecular flexibility index (Phi) is 2.59. The minimum Gasteiger partial charge on any atom is -0.329 e. The van der Waals surface area contributed by atoms with E-state index < -0.39 is 0 Å². The van der Waals surface area contributed by atoms with Gasteiger partial charge in [0.15, 0.2) is 0 Å². The zero-order chi connectivity index (χ0) is 12.5. The van der Waals surface area contributed by atoms with Crippen LogP contribution in [-0.2, 0) is 22.7 Å². The predicted molar refractivity (Wildman–Crippen MR) is 65.5 cm³/mol. The summed E-state index contributed by atoms with van der Waals surface area (Å²) < 4.78 is 0. The summed E-state index contributed by atoms with van der Waals surface area (Å²) in [5.74, 6) is -0.206. The van der Waals surface area contributed by atoms with Crippen LogP contribution in [-0.4, -0.2) is 22.4 Å². The Balaban J connectivity index is 1.75. The van der Waals surface area contributed by atoms with Crippen molar-refractivity contribution in [2.45, 2.75) is 25.9 Å². The summed E-state index contributed by atoms with van der Waals surface area (Å²) in [7, 11) is 0. The van der Waals surface area contributed by atoms with Crippen LogP contribution in [0.1, 0.15) is 24.0 Å². The van der Waals surface area contributed by atoms with Crippen molar-refractivity contribution in [3.05, 3.63) is 35.4 Å². The predicted octanol–water partition coefficient (Wildman–Crippen LogP) is 0.795. The van der Waals surface area contributed by atoms with Crippen molar-refractivity contribution in [3.63, 3.8) is 0 Å². The van der Waals surface area contributed by atoms with Crippen LogP contribution < -0.4 is 5.43 Å².